The number of hydrogen-bond acceptors (Lipinski definition) is 4. The van der Waals surface area contributed by atoms with E-state index in [4.69, 9.17) is 4.98 Å². The van der Waals surface area contributed by atoms with Crippen LogP contribution in [-0.4, -0.2) is 51.9 Å². The Bertz CT molecular complexity index is 1170. The van der Waals surface area contributed by atoms with E-state index in [1.54, 1.807) is 12.1 Å². The topological polar surface area (TPSA) is 58.4 Å². The summed E-state index contributed by atoms with van der Waals surface area (Å²) in [5.41, 5.74) is 2.39. The molecule has 2 aliphatic rings. The average molecular weight is 417 g/mol. The van der Waals surface area contributed by atoms with Gasteiger partial charge in [-0.2, -0.15) is 0 Å². The summed E-state index contributed by atoms with van der Waals surface area (Å²) in [4.78, 5) is 35.6. The molecule has 1 aromatic heterocycles. The molecule has 0 radical (unpaired) electrons. The van der Waals surface area contributed by atoms with Crippen molar-refractivity contribution in [1.82, 2.24) is 19.4 Å². The molecule has 6 nitrogen and oxygen atoms in total. The zero-order valence-corrected chi connectivity index (χ0v) is 18.0. The number of likely N-dealkylation sites (N-methyl/N-ethyl adjacent to an activating group) is 1. The molecule has 0 spiro atoms. The van der Waals surface area contributed by atoms with E-state index >= 15 is 0 Å². The van der Waals surface area contributed by atoms with Crippen molar-refractivity contribution < 1.29 is 4.79 Å². The fourth-order valence-corrected chi connectivity index (χ4v) is 4.84. The van der Waals surface area contributed by atoms with E-state index in [-0.39, 0.29) is 17.5 Å². The van der Waals surface area contributed by atoms with Crippen molar-refractivity contribution in [3.63, 3.8) is 0 Å². The Morgan fingerprint density at radius 3 is 2.68 bits per heavy atom. The minimum Gasteiger partial charge on any atom is -0.329 e. The van der Waals surface area contributed by atoms with E-state index in [0.717, 1.165) is 56.7 Å². The average Bonchev–Trinajstić information content (AvgIpc) is 3.05. The Morgan fingerprint density at radius 1 is 1.00 bits per heavy atom. The molecule has 0 N–H and O–H groups in total. The molecule has 1 fully saturated rings. The van der Waals surface area contributed by atoms with Gasteiger partial charge in [0.25, 0.3) is 11.5 Å². The highest BCUT2D eigenvalue weighted by molar-refractivity contribution is 5.98. The van der Waals surface area contributed by atoms with Crippen LogP contribution < -0.4 is 5.56 Å². The van der Waals surface area contributed by atoms with Gasteiger partial charge in [-0.05, 0) is 43.7 Å². The predicted molar refractivity (Wildman–Crippen MR) is 121 cm³/mol. The van der Waals surface area contributed by atoms with Crippen molar-refractivity contribution in [2.45, 2.75) is 38.3 Å². The van der Waals surface area contributed by atoms with E-state index in [0.29, 0.717) is 23.0 Å². The lowest BCUT2D eigenvalue weighted by molar-refractivity contribution is 0.0498. The van der Waals surface area contributed by atoms with Gasteiger partial charge in [0.2, 0.25) is 0 Å². The first-order chi connectivity index (χ1) is 15.1. The summed E-state index contributed by atoms with van der Waals surface area (Å²) in [5, 5.41) is 0.597. The van der Waals surface area contributed by atoms with Crippen molar-refractivity contribution in [1.29, 1.82) is 0 Å². The Labute approximate surface area is 182 Å². The van der Waals surface area contributed by atoms with Gasteiger partial charge >= 0.3 is 0 Å². The monoisotopic (exact) mass is 416 g/mol. The van der Waals surface area contributed by atoms with E-state index in [1.807, 2.05) is 33.7 Å². The van der Waals surface area contributed by atoms with Crippen LogP contribution in [0.25, 0.3) is 10.9 Å². The zero-order valence-electron chi connectivity index (χ0n) is 18.0. The van der Waals surface area contributed by atoms with Crippen molar-refractivity contribution >= 4 is 16.8 Å². The van der Waals surface area contributed by atoms with E-state index in [2.05, 4.69) is 24.1 Å². The third-order valence-corrected chi connectivity index (χ3v) is 6.59. The highest BCUT2D eigenvalue weighted by Gasteiger charge is 2.31. The lowest BCUT2D eigenvalue weighted by Crippen LogP contribution is -2.49. The van der Waals surface area contributed by atoms with Gasteiger partial charge in [-0.3, -0.25) is 14.2 Å². The first kappa shape index (κ1) is 19.9. The number of nitrogens with zero attached hydrogens (tertiary/aromatic N) is 4. The van der Waals surface area contributed by atoms with Crippen LogP contribution in [0, 0.1) is 0 Å². The Balaban J connectivity index is 1.52. The van der Waals surface area contributed by atoms with Gasteiger partial charge in [0.05, 0.1) is 16.9 Å². The molecular formula is C25H28N4O2. The molecule has 0 saturated carbocycles. The fraction of sp³-hybridized carbons (Fsp3) is 0.400. The summed E-state index contributed by atoms with van der Waals surface area (Å²) in [7, 11) is 2.09. The van der Waals surface area contributed by atoms with Crippen molar-refractivity contribution in [2.75, 3.05) is 26.7 Å². The maximum Gasteiger partial charge on any atom is 0.261 e. The number of piperazine rings is 1. The Hall–Kier alpha value is -2.99. The van der Waals surface area contributed by atoms with Crippen LogP contribution in [0.5, 0.6) is 0 Å². The van der Waals surface area contributed by atoms with Crippen LogP contribution in [0.1, 0.15) is 47.1 Å². The first-order valence-corrected chi connectivity index (χ1v) is 11.2. The summed E-state index contributed by atoms with van der Waals surface area (Å²) in [6, 6.07) is 15.6. The molecule has 0 unspecified atom stereocenters. The third-order valence-electron chi connectivity index (χ3n) is 6.59. The lowest BCUT2D eigenvalue weighted by Gasteiger charge is -2.40. The van der Waals surface area contributed by atoms with Gasteiger partial charge in [0.1, 0.15) is 5.82 Å². The third kappa shape index (κ3) is 3.76. The molecule has 2 aromatic carbocycles. The van der Waals surface area contributed by atoms with E-state index in [1.165, 1.54) is 0 Å². The van der Waals surface area contributed by atoms with E-state index < -0.39 is 0 Å². The molecule has 6 heteroatoms. The van der Waals surface area contributed by atoms with Crippen LogP contribution in [0.15, 0.2) is 53.3 Å². The molecule has 0 aliphatic carbocycles. The highest BCUT2D eigenvalue weighted by atomic mass is 16.2. The van der Waals surface area contributed by atoms with Crippen LogP contribution in [0.2, 0.25) is 0 Å². The van der Waals surface area contributed by atoms with Crippen LogP contribution in [0.3, 0.4) is 0 Å². The molecule has 1 saturated heterocycles. The number of fused-ring (bicyclic) bond motifs is 2. The Kier molecular flexibility index (Phi) is 5.32. The molecule has 0 bridgehead atoms. The molecule has 1 amide bonds. The Morgan fingerprint density at radius 2 is 1.84 bits per heavy atom. The van der Waals surface area contributed by atoms with Gasteiger partial charge in [-0.1, -0.05) is 36.8 Å². The minimum absolute atomic E-state index is 0.000646. The molecule has 2 aliphatic heterocycles. The maximum absolute atomic E-state index is 13.6. The molecule has 31 heavy (non-hydrogen) atoms. The zero-order chi connectivity index (χ0) is 21.4. The van der Waals surface area contributed by atoms with Gasteiger partial charge in [-0.25, -0.2) is 4.98 Å². The SMILES string of the molecule is CN1CCN(C(=O)c2ccc3c(=O)n4c(nc3c2)CCCCC4)[C@@H](c2ccccc2)C1. The first-order valence-electron chi connectivity index (χ1n) is 11.2. The van der Waals surface area contributed by atoms with Crippen LogP contribution >= 0.6 is 0 Å². The molecule has 3 heterocycles. The predicted octanol–water partition coefficient (Wildman–Crippen LogP) is 3.25. The van der Waals surface area contributed by atoms with Crippen LogP contribution in [0.4, 0.5) is 0 Å². The smallest absolute Gasteiger partial charge is 0.261 e. The molecule has 160 valence electrons. The van der Waals surface area contributed by atoms with Gasteiger partial charge < -0.3 is 9.80 Å². The number of carbonyl (C=O) groups is 1. The number of aromatic nitrogens is 2. The summed E-state index contributed by atoms with van der Waals surface area (Å²) in [6.07, 6.45) is 4.00. The summed E-state index contributed by atoms with van der Waals surface area (Å²) in [6.45, 7) is 3.05. The fourth-order valence-electron chi connectivity index (χ4n) is 4.84. The second-order valence-corrected chi connectivity index (χ2v) is 8.71. The summed E-state index contributed by atoms with van der Waals surface area (Å²) >= 11 is 0. The van der Waals surface area contributed by atoms with E-state index in [9.17, 15) is 9.59 Å². The van der Waals surface area contributed by atoms with Crippen LogP contribution in [-0.2, 0) is 13.0 Å². The van der Waals surface area contributed by atoms with Crippen molar-refractivity contribution in [2.24, 2.45) is 0 Å². The second kappa shape index (κ2) is 8.27. The molecule has 5 rings (SSSR count). The highest BCUT2D eigenvalue weighted by Crippen LogP contribution is 2.27. The van der Waals surface area contributed by atoms with Crippen molar-refractivity contribution in [3.8, 4) is 0 Å². The number of carbonyl (C=O) groups excluding carboxylic acids is 1. The number of hydrogen-bond donors (Lipinski definition) is 0. The molecular weight excluding hydrogens is 388 g/mol. The number of rotatable bonds is 2. The lowest BCUT2D eigenvalue weighted by atomic mass is 10.0. The normalized spacial score (nSPS) is 19.8. The summed E-state index contributed by atoms with van der Waals surface area (Å²) < 4.78 is 1.82. The number of aryl methyl sites for hydroxylation is 1. The van der Waals surface area contributed by atoms with Gasteiger partial charge in [0.15, 0.2) is 0 Å². The maximum atomic E-state index is 13.6. The van der Waals surface area contributed by atoms with Crippen molar-refractivity contribution in [3.05, 3.63) is 75.8 Å². The quantitative estimate of drug-likeness (QED) is 0.644. The standard InChI is InChI=1S/C25H28N4O2/c1-27-14-15-28(22(17-27)18-8-4-2-5-9-18)24(30)19-11-12-20-21(16-19)26-23-10-6-3-7-13-29(23)25(20)31/h2,4-5,8-9,11-12,16,22H,3,6-7,10,13-15,17H2,1H3/t22-/m1/s1. The summed E-state index contributed by atoms with van der Waals surface area (Å²) in [5.74, 6) is 0.849. The second-order valence-electron chi connectivity index (χ2n) is 8.71. The number of benzene rings is 2. The van der Waals surface area contributed by atoms with Gasteiger partial charge in [0, 0.05) is 38.2 Å². The minimum atomic E-state index is 0.000646. The number of amides is 1. The van der Waals surface area contributed by atoms with Gasteiger partial charge in [-0.15, -0.1) is 0 Å². The molecule has 3 aromatic rings. The largest absolute Gasteiger partial charge is 0.329 e. The molecule has 1 atom stereocenters.